The predicted octanol–water partition coefficient (Wildman–Crippen LogP) is 1.64. The third kappa shape index (κ3) is 3.01. The minimum Gasteiger partial charge on any atom is -0.365 e. The van der Waals surface area contributed by atoms with Crippen LogP contribution >= 0.6 is 11.3 Å². The first-order valence-corrected chi connectivity index (χ1v) is 9.09. The molecule has 0 N–H and O–H groups in total. The second-order valence-corrected chi connectivity index (χ2v) is 7.18. The molecule has 0 aromatic carbocycles. The summed E-state index contributed by atoms with van der Waals surface area (Å²) in [7, 11) is 0. The fraction of sp³-hybridized carbons (Fsp3) is 0.471. The number of amides is 1. The quantitative estimate of drug-likeness (QED) is 0.829. The Morgan fingerprint density at radius 1 is 1.38 bits per heavy atom. The number of fused-ring (bicyclic) bond motifs is 1. The number of ether oxygens (including phenoxy) is 1. The van der Waals surface area contributed by atoms with Gasteiger partial charge in [-0.3, -0.25) is 4.79 Å². The summed E-state index contributed by atoms with van der Waals surface area (Å²) in [6, 6.07) is 3.99. The molecule has 1 atom stereocenters. The molecular formula is C17H20N4O2S. The van der Waals surface area contributed by atoms with E-state index in [0.717, 1.165) is 18.7 Å². The van der Waals surface area contributed by atoms with E-state index in [1.807, 2.05) is 22.8 Å². The molecule has 0 saturated carbocycles. The molecule has 0 radical (unpaired) electrons. The number of hydrogen-bond donors (Lipinski definition) is 0. The van der Waals surface area contributed by atoms with Crippen molar-refractivity contribution in [2.75, 3.05) is 31.1 Å². The lowest BCUT2D eigenvalue weighted by atomic mass is 10.1. The van der Waals surface area contributed by atoms with Crippen molar-refractivity contribution in [3.63, 3.8) is 0 Å². The summed E-state index contributed by atoms with van der Waals surface area (Å²) in [5.74, 6) is 0.749. The predicted molar refractivity (Wildman–Crippen MR) is 92.2 cm³/mol. The van der Waals surface area contributed by atoms with Gasteiger partial charge in [0.15, 0.2) is 6.10 Å². The molecule has 0 spiro atoms. The summed E-state index contributed by atoms with van der Waals surface area (Å²) in [6.45, 7) is 5.15. The molecule has 126 valence electrons. The number of thiophene rings is 1. The molecule has 2 aliphatic heterocycles. The Kier molecular flexibility index (Phi) is 4.20. The van der Waals surface area contributed by atoms with Crippen LogP contribution in [-0.4, -0.2) is 53.1 Å². The number of morpholine rings is 1. The normalized spacial score (nSPS) is 20.8. The topological polar surface area (TPSA) is 58.6 Å². The summed E-state index contributed by atoms with van der Waals surface area (Å²) < 4.78 is 5.76. The van der Waals surface area contributed by atoms with Crippen molar-refractivity contribution in [2.24, 2.45) is 0 Å². The Morgan fingerprint density at radius 2 is 2.29 bits per heavy atom. The minimum absolute atomic E-state index is 0.0733. The van der Waals surface area contributed by atoms with Crippen molar-refractivity contribution in [1.29, 1.82) is 0 Å². The van der Waals surface area contributed by atoms with Gasteiger partial charge in [-0.1, -0.05) is 0 Å². The Hall–Kier alpha value is -1.99. The molecule has 7 heteroatoms. The average molecular weight is 344 g/mol. The first-order chi connectivity index (χ1) is 11.7. The Labute approximate surface area is 145 Å². The number of anilines is 1. The highest BCUT2D eigenvalue weighted by Gasteiger charge is 2.32. The fourth-order valence-electron chi connectivity index (χ4n) is 3.21. The maximum absolute atomic E-state index is 12.9. The van der Waals surface area contributed by atoms with Crippen molar-refractivity contribution < 1.29 is 9.53 Å². The van der Waals surface area contributed by atoms with E-state index in [2.05, 4.69) is 21.4 Å². The van der Waals surface area contributed by atoms with Crippen molar-refractivity contribution in [1.82, 2.24) is 14.9 Å². The second-order valence-electron chi connectivity index (χ2n) is 6.18. The molecule has 1 unspecified atom stereocenters. The maximum Gasteiger partial charge on any atom is 0.253 e. The summed E-state index contributed by atoms with van der Waals surface area (Å²) in [5.41, 5.74) is 2.20. The molecule has 6 nitrogen and oxygen atoms in total. The highest BCUT2D eigenvalue weighted by molar-refractivity contribution is 7.10. The largest absolute Gasteiger partial charge is 0.365 e. The monoisotopic (exact) mass is 344 g/mol. The highest BCUT2D eigenvalue weighted by Crippen LogP contribution is 2.25. The number of hydrogen-bond acceptors (Lipinski definition) is 6. The average Bonchev–Trinajstić information content (AvgIpc) is 3.09. The van der Waals surface area contributed by atoms with E-state index in [-0.39, 0.29) is 5.91 Å². The third-order valence-corrected chi connectivity index (χ3v) is 5.55. The van der Waals surface area contributed by atoms with Gasteiger partial charge < -0.3 is 14.5 Å². The number of rotatable bonds is 2. The molecule has 24 heavy (non-hydrogen) atoms. The van der Waals surface area contributed by atoms with E-state index in [4.69, 9.17) is 4.74 Å². The fourth-order valence-corrected chi connectivity index (χ4v) is 4.10. The zero-order chi connectivity index (χ0) is 16.5. The van der Waals surface area contributed by atoms with Gasteiger partial charge in [0.1, 0.15) is 0 Å². The number of carbonyl (C=O) groups excluding carboxylic acids is 1. The Balaban J connectivity index is 1.45. The van der Waals surface area contributed by atoms with Gasteiger partial charge in [-0.25, -0.2) is 9.97 Å². The van der Waals surface area contributed by atoms with E-state index in [0.29, 0.717) is 32.2 Å². The molecule has 2 aliphatic rings. The summed E-state index contributed by atoms with van der Waals surface area (Å²) in [4.78, 5) is 27.0. The smallest absolute Gasteiger partial charge is 0.253 e. The second kappa shape index (κ2) is 6.49. The van der Waals surface area contributed by atoms with Crippen LogP contribution in [0.25, 0.3) is 0 Å². The molecule has 4 rings (SSSR count). The first kappa shape index (κ1) is 15.5. The molecular weight excluding hydrogens is 324 g/mol. The van der Waals surface area contributed by atoms with Gasteiger partial charge in [0.2, 0.25) is 5.95 Å². The zero-order valence-corrected chi connectivity index (χ0v) is 14.5. The van der Waals surface area contributed by atoms with E-state index in [9.17, 15) is 4.79 Å². The molecule has 1 amide bonds. The Bertz CT molecular complexity index is 748. The molecule has 2 aromatic heterocycles. The van der Waals surface area contributed by atoms with E-state index in [1.165, 1.54) is 10.4 Å². The van der Waals surface area contributed by atoms with Crippen LogP contribution in [0, 0.1) is 6.92 Å². The first-order valence-electron chi connectivity index (χ1n) is 8.21. The maximum atomic E-state index is 12.9. The number of aryl methyl sites for hydroxylation is 1. The SMILES string of the molecule is Cc1ccnc(N2CCOC(C(=O)N3CCc4sccc4C3)C2)n1. The van der Waals surface area contributed by atoms with Gasteiger partial charge in [-0.15, -0.1) is 11.3 Å². The number of aromatic nitrogens is 2. The van der Waals surface area contributed by atoms with E-state index in [1.54, 1.807) is 17.5 Å². The lowest BCUT2D eigenvalue weighted by Crippen LogP contribution is -2.52. The van der Waals surface area contributed by atoms with E-state index >= 15 is 0 Å². The molecule has 4 heterocycles. The van der Waals surface area contributed by atoms with Gasteiger partial charge in [0, 0.05) is 36.4 Å². The molecule has 0 aliphatic carbocycles. The van der Waals surface area contributed by atoms with Gasteiger partial charge in [-0.2, -0.15) is 0 Å². The standard InChI is InChI=1S/C17H20N4O2S/c1-12-2-5-18-17(19-12)21-7-8-23-14(11-21)16(22)20-6-3-15-13(10-20)4-9-24-15/h2,4-5,9,14H,3,6-8,10-11H2,1H3. The van der Waals surface area contributed by atoms with Crippen LogP contribution in [-0.2, 0) is 22.5 Å². The third-order valence-electron chi connectivity index (χ3n) is 4.53. The lowest BCUT2D eigenvalue weighted by molar-refractivity contribution is -0.145. The summed E-state index contributed by atoms with van der Waals surface area (Å²) >= 11 is 1.78. The van der Waals surface area contributed by atoms with E-state index < -0.39 is 6.10 Å². The minimum atomic E-state index is -0.442. The lowest BCUT2D eigenvalue weighted by Gasteiger charge is -2.36. The van der Waals surface area contributed by atoms with Gasteiger partial charge in [0.25, 0.3) is 5.91 Å². The van der Waals surface area contributed by atoms with Crippen LogP contribution < -0.4 is 4.90 Å². The van der Waals surface area contributed by atoms with Crippen LogP contribution in [0.2, 0.25) is 0 Å². The summed E-state index contributed by atoms with van der Waals surface area (Å²) in [5, 5.41) is 2.10. The van der Waals surface area contributed by atoms with Gasteiger partial charge in [-0.05, 0) is 36.4 Å². The molecule has 1 saturated heterocycles. The van der Waals surface area contributed by atoms with Crippen LogP contribution in [0.1, 0.15) is 16.1 Å². The molecule has 1 fully saturated rings. The number of carbonyl (C=O) groups is 1. The van der Waals surface area contributed by atoms with Crippen molar-refractivity contribution in [2.45, 2.75) is 26.0 Å². The van der Waals surface area contributed by atoms with Crippen molar-refractivity contribution >= 4 is 23.2 Å². The van der Waals surface area contributed by atoms with Crippen LogP contribution in [0.3, 0.4) is 0 Å². The van der Waals surface area contributed by atoms with Crippen LogP contribution in [0.5, 0.6) is 0 Å². The van der Waals surface area contributed by atoms with Crippen molar-refractivity contribution in [3.05, 3.63) is 39.8 Å². The Morgan fingerprint density at radius 3 is 3.17 bits per heavy atom. The molecule has 2 aromatic rings. The molecule has 0 bridgehead atoms. The van der Waals surface area contributed by atoms with Gasteiger partial charge in [0.05, 0.1) is 13.2 Å². The summed E-state index contributed by atoms with van der Waals surface area (Å²) in [6.07, 6.45) is 2.26. The van der Waals surface area contributed by atoms with Crippen molar-refractivity contribution in [3.8, 4) is 0 Å². The van der Waals surface area contributed by atoms with Crippen LogP contribution in [0.4, 0.5) is 5.95 Å². The zero-order valence-electron chi connectivity index (χ0n) is 13.6. The van der Waals surface area contributed by atoms with Gasteiger partial charge >= 0.3 is 0 Å². The highest BCUT2D eigenvalue weighted by atomic mass is 32.1. The number of nitrogens with zero attached hydrogens (tertiary/aromatic N) is 4. The van der Waals surface area contributed by atoms with Crippen LogP contribution in [0.15, 0.2) is 23.7 Å².